The first-order valence-electron chi connectivity index (χ1n) is 6.69. The normalized spacial score (nSPS) is 42.7. The fraction of sp³-hybridized carbons (Fsp3) is 0.600. The van der Waals surface area contributed by atoms with Gasteiger partial charge >= 0.3 is 0 Å². The lowest BCUT2D eigenvalue weighted by Crippen LogP contribution is -2.44. The molecule has 0 aromatic rings. The highest BCUT2D eigenvalue weighted by Gasteiger charge is 2.50. The molecule has 0 unspecified atom stereocenters. The van der Waals surface area contributed by atoms with E-state index < -0.39 is 0 Å². The van der Waals surface area contributed by atoms with Crippen LogP contribution in [0.1, 0.15) is 33.6 Å². The molecule has 1 N–H and O–H groups in total. The van der Waals surface area contributed by atoms with Gasteiger partial charge in [0, 0.05) is 11.3 Å². The van der Waals surface area contributed by atoms with Gasteiger partial charge in [-0.1, -0.05) is 19.9 Å². The molecule has 3 aliphatic rings. The molecule has 1 saturated heterocycles. The molecular weight excluding hydrogens is 226 g/mol. The van der Waals surface area contributed by atoms with Crippen LogP contribution in [0.25, 0.3) is 0 Å². The zero-order valence-electron chi connectivity index (χ0n) is 11.1. The molecule has 96 valence electrons. The van der Waals surface area contributed by atoms with Crippen molar-refractivity contribution in [2.75, 3.05) is 0 Å². The first kappa shape index (κ1) is 11.7. The third-order valence-electron chi connectivity index (χ3n) is 5.08. The molecule has 0 spiro atoms. The van der Waals surface area contributed by atoms with Gasteiger partial charge in [-0.3, -0.25) is 9.59 Å². The summed E-state index contributed by atoms with van der Waals surface area (Å²) in [5.41, 5.74) is 1.95. The third kappa shape index (κ3) is 1.36. The lowest BCUT2D eigenvalue weighted by atomic mass is 9.61. The number of rotatable bonds is 0. The molecule has 0 radical (unpaired) electrons. The number of hydrogen-bond donors (Lipinski definition) is 1. The predicted octanol–water partition coefficient (Wildman–Crippen LogP) is 1.99. The third-order valence-corrected chi connectivity index (χ3v) is 5.08. The van der Waals surface area contributed by atoms with Gasteiger partial charge in [0.25, 0.3) is 0 Å². The van der Waals surface area contributed by atoms with Crippen molar-refractivity contribution >= 4 is 11.7 Å². The maximum atomic E-state index is 11.9. The second-order valence-corrected chi connectivity index (χ2v) is 6.13. The van der Waals surface area contributed by atoms with Crippen molar-refractivity contribution in [2.45, 2.75) is 39.7 Å². The van der Waals surface area contributed by atoms with E-state index in [2.05, 4.69) is 12.2 Å². The molecule has 4 atom stereocenters. The van der Waals surface area contributed by atoms with Crippen LogP contribution in [0.15, 0.2) is 23.3 Å². The topological polar surface area (TPSA) is 46.2 Å². The van der Waals surface area contributed by atoms with Crippen LogP contribution in [0.4, 0.5) is 0 Å². The Morgan fingerprint density at radius 1 is 1.39 bits per heavy atom. The number of ketones is 1. The minimum absolute atomic E-state index is 0.0451. The van der Waals surface area contributed by atoms with Gasteiger partial charge in [0.1, 0.15) is 0 Å². The van der Waals surface area contributed by atoms with Crippen molar-refractivity contribution in [1.29, 1.82) is 0 Å². The Kier molecular flexibility index (Phi) is 2.31. The van der Waals surface area contributed by atoms with Crippen LogP contribution in [0.3, 0.4) is 0 Å². The monoisotopic (exact) mass is 245 g/mol. The van der Waals surface area contributed by atoms with E-state index >= 15 is 0 Å². The van der Waals surface area contributed by atoms with Crippen LogP contribution in [-0.4, -0.2) is 17.7 Å². The van der Waals surface area contributed by atoms with Crippen molar-refractivity contribution in [2.24, 2.45) is 17.3 Å². The average Bonchev–Trinajstić information content (AvgIpc) is 2.60. The lowest BCUT2D eigenvalue weighted by Gasteiger charge is -2.44. The van der Waals surface area contributed by atoms with Gasteiger partial charge in [0.15, 0.2) is 5.78 Å². The number of carbonyl (C=O) groups is 2. The number of hydrogen-bond acceptors (Lipinski definition) is 2. The largest absolute Gasteiger partial charge is 0.349 e. The molecule has 2 aliphatic carbocycles. The lowest BCUT2D eigenvalue weighted by molar-refractivity contribution is -0.122. The van der Waals surface area contributed by atoms with Gasteiger partial charge in [-0.25, -0.2) is 0 Å². The first-order chi connectivity index (χ1) is 8.44. The van der Waals surface area contributed by atoms with E-state index in [1.165, 1.54) is 0 Å². The number of nitrogens with one attached hydrogen (secondary N) is 1. The van der Waals surface area contributed by atoms with E-state index in [1.807, 2.05) is 19.9 Å². The van der Waals surface area contributed by atoms with E-state index in [0.29, 0.717) is 5.92 Å². The molecule has 3 heteroatoms. The summed E-state index contributed by atoms with van der Waals surface area (Å²) in [7, 11) is 0. The van der Waals surface area contributed by atoms with Crippen LogP contribution in [0.5, 0.6) is 0 Å². The number of allylic oxidation sites excluding steroid dienone is 3. The molecule has 0 aromatic carbocycles. The number of fused-ring (bicyclic) bond motifs is 3. The summed E-state index contributed by atoms with van der Waals surface area (Å²) in [4.78, 5) is 23.8. The van der Waals surface area contributed by atoms with Gasteiger partial charge in [-0.2, -0.15) is 0 Å². The Morgan fingerprint density at radius 2 is 2.11 bits per heavy atom. The van der Waals surface area contributed by atoms with Gasteiger partial charge < -0.3 is 5.32 Å². The molecule has 3 nitrogen and oxygen atoms in total. The minimum atomic E-state index is -0.0451. The van der Waals surface area contributed by atoms with E-state index in [9.17, 15) is 9.59 Å². The highest BCUT2D eigenvalue weighted by Crippen LogP contribution is 2.51. The molecule has 1 amide bonds. The van der Waals surface area contributed by atoms with Gasteiger partial charge in [0.05, 0.1) is 6.04 Å². The average molecular weight is 245 g/mol. The Labute approximate surface area is 107 Å². The summed E-state index contributed by atoms with van der Waals surface area (Å²) in [5, 5.41) is 3.10. The smallest absolute Gasteiger partial charge is 0.223 e. The van der Waals surface area contributed by atoms with Crippen LogP contribution in [0.2, 0.25) is 0 Å². The standard InChI is InChI=1S/C15H19NO2/c1-8-10-4-6-15(3)7-5-11(17)9(2)12(15)13(10)16-14(8)18/h5,7-8,10,13H,4,6H2,1-3H3,(H,16,18)/t8-,10-,13+,15-/m0/s1. The zero-order chi connectivity index (χ0) is 13.1. The van der Waals surface area contributed by atoms with Crippen LogP contribution >= 0.6 is 0 Å². The molecule has 1 heterocycles. The summed E-state index contributed by atoms with van der Waals surface area (Å²) in [6.45, 7) is 6.08. The quantitative estimate of drug-likeness (QED) is 0.709. The van der Waals surface area contributed by atoms with E-state index in [0.717, 1.165) is 24.0 Å². The van der Waals surface area contributed by atoms with Crippen molar-refractivity contribution in [3.63, 3.8) is 0 Å². The summed E-state index contributed by atoms with van der Waals surface area (Å²) in [5.74, 6) is 0.657. The maximum absolute atomic E-state index is 11.9. The fourth-order valence-corrected chi connectivity index (χ4v) is 3.89. The molecular formula is C15H19NO2. The molecule has 3 rings (SSSR count). The van der Waals surface area contributed by atoms with E-state index in [1.54, 1.807) is 6.08 Å². The fourth-order valence-electron chi connectivity index (χ4n) is 3.89. The maximum Gasteiger partial charge on any atom is 0.223 e. The minimum Gasteiger partial charge on any atom is -0.349 e. The van der Waals surface area contributed by atoms with E-state index in [-0.39, 0.29) is 29.1 Å². The van der Waals surface area contributed by atoms with Crippen LogP contribution < -0.4 is 5.32 Å². The SMILES string of the molecule is CC1=C2[C@@H]3NC(=O)[C@@H](C)[C@@H]3CC[C@@]2(C)C=CC1=O. The summed E-state index contributed by atoms with van der Waals surface area (Å²) >= 11 is 0. The van der Waals surface area contributed by atoms with E-state index in [4.69, 9.17) is 0 Å². The molecule has 0 aromatic heterocycles. The highest BCUT2D eigenvalue weighted by atomic mass is 16.2. The predicted molar refractivity (Wildman–Crippen MR) is 68.8 cm³/mol. The summed E-state index contributed by atoms with van der Waals surface area (Å²) in [6, 6.07) is 0.0696. The van der Waals surface area contributed by atoms with Crippen molar-refractivity contribution in [3.8, 4) is 0 Å². The Bertz CT molecular complexity index is 503. The van der Waals surface area contributed by atoms with Crippen LogP contribution in [-0.2, 0) is 9.59 Å². The summed E-state index contributed by atoms with van der Waals surface area (Å²) < 4.78 is 0. The number of amides is 1. The second kappa shape index (κ2) is 3.56. The molecule has 18 heavy (non-hydrogen) atoms. The molecule has 1 aliphatic heterocycles. The zero-order valence-corrected chi connectivity index (χ0v) is 11.1. The number of carbonyl (C=O) groups excluding carboxylic acids is 2. The van der Waals surface area contributed by atoms with Crippen molar-refractivity contribution in [1.82, 2.24) is 5.32 Å². The Balaban J connectivity index is 2.10. The van der Waals surface area contributed by atoms with Gasteiger partial charge in [-0.15, -0.1) is 0 Å². The van der Waals surface area contributed by atoms with Crippen molar-refractivity contribution < 1.29 is 9.59 Å². The van der Waals surface area contributed by atoms with Crippen LogP contribution in [0, 0.1) is 17.3 Å². The van der Waals surface area contributed by atoms with Gasteiger partial charge in [-0.05, 0) is 42.9 Å². The molecule has 0 bridgehead atoms. The summed E-state index contributed by atoms with van der Waals surface area (Å²) in [6.07, 6.45) is 5.81. The Morgan fingerprint density at radius 3 is 2.83 bits per heavy atom. The van der Waals surface area contributed by atoms with Crippen molar-refractivity contribution in [3.05, 3.63) is 23.3 Å². The second-order valence-electron chi connectivity index (χ2n) is 6.13. The van der Waals surface area contributed by atoms with Gasteiger partial charge in [0.2, 0.25) is 5.91 Å². The highest BCUT2D eigenvalue weighted by molar-refractivity contribution is 6.06. The molecule has 2 fully saturated rings. The first-order valence-corrected chi connectivity index (χ1v) is 6.69. The Hall–Kier alpha value is -1.38. The molecule has 1 saturated carbocycles.